The normalized spacial score (nSPS) is 24.7. The van der Waals surface area contributed by atoms with E-state index >= 15 is 0 Å². The fraction of sp³-hybridized carbons (Fsp3) is 0.478. The van der Waals surface area contributed by atoms with E-state index in [0.29, 0.717) is 17.0 Å². The predicted molar refractivity (Wildman–Crippen MR) is 116 cm³/mol. The second kappa shape index (κ2) is 8.06. The quantitative estimate of drug-likeness (QED) is 0.618. The fourth-order valence-electron chi connectivity index (χ4n) is 5.11. The van der Waals surface area contributed by atoms with Gasteiger partial charge in [-0.15, -0.1) is 0 Å². The van der Waals surface area contributed by atoms with Crippen LogP contribution in [0.25, 0.3) is 0 Å². The first-order valence-electron chi connectivity index (χ1n) is 10.7. The Kier molecular flexibility index (Phi) is 5.42. The van der Waals surface area contributed by atoms with Gasteiger partial charge in [-0.3, -0.25) is 4.90 Å². The summed E-state index contributed by atoms with van der Waals surface area (Å²) in [6.45, 7) is 2.06. The van der Waals surface area contributed by atoms with Gasteiger partial charge in [0.2, 0.25) is 0 Å². The van der Waals surface area contributed by atoms with Crippen LogP contribution in [0.15, 0.2) is 47.4 Å². The summed E-state index contributed by atoms with van der Waals surface area (Å²) in [6, 6.07) is 12.0. The Balaban J connectivity index is 1.30. The summed E-state index contributed by atoms with van der Waals surface area (Å²) in [5.74, 6) is 1.40. The van der Waals surface area contributed by atoms with Gasteiger partial charge >= 0.3 is 10.1 Å². The van der Waals surface area contributed by atoms with Gasteiger partial charge < -0.3 is 8.92 Å². The molecule has 2 aromatic rings. The van der Waals surface area contributed by atoms with E-state index in [4.69, 9.17) is 20.5 Å². The first-order chi connectivity index (χ1) is 14.5. The van der Waals surface area contributed by atoms with E-state index in [1.807, 2.05) is 6.07 Å². The Hall–Kier alpha value is -1.76. The third-order valence-electron chi connectivity index (χ3n) is 6.65. The van der Waals surface area contributed by atoms with Crippen molar-refractivity contribution in [3.8, 4) is 11.5 Å². The molecule has 2 aliphatic heterocycles. The zero-order chi connectivity index (χ0) is 20.7. The van der Waals surface area contributed by atoms with Crippen molar-refractivity contribution in [1.29, 1.82) is 0 Å². The summed E-state index contributed by atoms with van der Waals surface area (Å²) in [5, 5.41) is 0.477. The molecule has 0 amide bonds. The summed E-state index contributed by atoms with van der Waals surface area (Å²) in [7, 11) is -3.92. The van der Waals surface area contributed by atoms with Gasteiger partial charge in [-0.25, -0.2) is 0 Å². The number of halogens is 1. The summed E-state index contributed by atoms with van der Waals surface area (Å²) >= 11 is 5.85. The molecule has 7 heteroatoms. The van der Waals surface area contributed by atoms with Gasteiger partial charge in [0.05, 0.1) is 0 Å². The Bertz CT molecular complexity index is 1020. The van der Waals surface area contributed by atoms with E-state index < -0.39 is 10.1 Å². The van der Waals surface area contributed by atoms with Crippen LogP contribution in [0.2, 0.25) is 5.02 Å². The molecule has 0 spiro atoms. The lowest BCUT2D eigenvalue weighted by Gasteiger charge is -2.40. The molecule has 0 bridgehead atoms. The highest BCUT2D eigenvalue weighted by Gasteiger charge is 2.40. The van der Waals surface area contributed by atoms with Crippen molar-refractivity contribution in [3.63, 3.8) is 0 Å². The van der Waals surface area contributed by atoms with Gasteiger partial charge in [0.15, 0.2) is 0 Å². The second-order valence-electron chi connectivity index (χ2n) is 8.53. The molecule has 2 aromatic carbocycles. The van der Waals surface area contributed by atoms with Crippen LogP contribution in [-0.2, 0) is 10.1 Å². The molecule has 30 heavy (non-hydrogen) atoms. The largest absolute Gasteiger partial charge is 0.488 e. The lowest BCUT2D eigenvalue weighted by molar-refractivity contribution is 0.0506. The summed E-state index contributed by atoms with van der Waals surface area (Å²) in [5.41, 5.74) is 1.17. The van der Waals surface area contributed by atoms with Crippen molar-refractivity contribution in [1.82, 2.24) is 4.90 Å². The molecule has 160 valence electrons. The number of piperidine rings is 1. The molecule has 2 unspecified atom stereocenters. The van der Waals surface area contributed by atoms with Crippen LogP contribution < -0.4 is 8.92 Å². The van der Waals surface area contributed by atoms with E-state index in [1.165, 1.54) is 61.9 Å². The van der Waals surface area contributed by atoms with Gasteiger partial charge in [-0.05, 0) is 56.1 Å². The average Bonchev–Trinajstić information content (AvgIpc) is 3.11. The Labute approximate surface area is 183 Å². The van der Waals surface area contributed by atoms with E-state index in [9.17, 15) is 8.42 Å². The zero-order valence-corrected chi connectivity index (χ0v) is 18.4. The first-order valence-corrected chi connectivity index (χ1v) is 12.5. The smallest absolute Gasteiger partial charge is 0.339 e. The van der Waals surface area contributed by atoms with Crippen molar-refractivity contribution < 1.29 is 17.3 Å². The van der Waals surface area contributed by atoms with E-state index in [2.05, 4.69) is 4.90 Å². The average molecular weight is 448 g/mol. The lowest BCUT2D eigenvalue weighted by atomic mass is 9.86. The van der Waals surface area contributed by atoms with Gasteiger partial charge in [-0.2, -0.15) is 8.42 Å². The predicted octanol–water partition coefficient (Wildman–Crippen LogP) is 4.99. The van der Waals surface area contributed by atoms with Crippen LogP contribution in [0.4, 0.5) is 0 Å². The highest BCUT2D eigenvalue weighted by molar-refractivity contribution is 7.87. The van der Waals surface area contributed by atoms with Gasteiger partial charge in [0, 0.05) is 35.2 Å². The molecule has 2 atom stereocenters. The van der Waals surface area contributed by atoms with Crippen molar-refractivity contribution >= 4 is 21.7 Å². The highest BCUT2D eigenvalue weighted by Crippen LogP contribution is 2.45. The monoisotopic (exact) mass is 447 g/mol. The number of hydrogen-bond acceptors (Lipinski definition) is 5. The van der Waals surface area contributed by atoms with Crippen LogP contribution in [0.5, 0.6) is 11.5 Å². The number of fused-ring (bicyclic) bond motifs is 3. The van der Waals surface area contributed by atoms with E-state index in [0.717, 1.165) is 25.3 Å². The summed E-state index contributed by atoms with van der Waals surface area (Å²) in [6.07, 6.45) is 7.84. The maximum atomic E-state index is 12.6. The summed E-state index contributed by atoms with van der Waals surface area (Å²) in [4.78, 5) is 2.68. The third kappa shape index (κ3) is 3.93. The molecule has 2 heterocycles. The number of nitrogens with zero attached hydrogens (tertiary/aromatic N) is 1. The topological polar surface area (TPSA) is 55.8 Å². The number of likely N-dealkylation sites (tertiary alicyclic amines) is 1. The molecular formula is C23H26ClNO4S. The van der Waals surface area contributed by atoms with Gasteiger partial charge in [0.1, 0.15) is 22.5 Å². The van der Waals surface area contributed by atoms with E-state index in [-0.39, 0.29) is 16.7 Å². The van der Waals surface area contributed by atoms with Crippen LogP contribution >= 0.6 is 11.6 Å². The molecule has 0 N–H and O–H groups in total. The van der Waals surface area contributed by atoms with Crippen molar-refractivity contribution in [2.24, 2.45) is 0 Å². The van der Waals surface area contributed by atoms with Crippen molar-refractivity contribution in [3.05, 3.63) is 53.1 Å². The van der Waals surface area contributed by atoms with Crippen LogP contribution in [-0.4, -0.2) is 38.6 Å². The molecule has 1 saturated heterocycles. The molecule has 3 aliphatic rings. The number of benzene rings is 2. The maximum absolute atomic E-state index is 12.6. The van der Waals surface area contributed by atoms with Gasteiger partial charge in [0.25, 0.3) is 0 Å². The molecule has 2 fully saturated rings. The van der Waals surface area contributed by atoms with Crippen molar-refractivity contribution in [2.45, 2.75) is 61.5 Å². The molecule has 5 rings (SSSR count). The molecule has 1 aliphatic carbocycles. The lowest BCUT2D eigenvalue weighted by Crippen LogP contribution is -2.48. The first kappa shape index (κ1) is 20.2. The molecule has 1 saturated carbocycles. The SMILES string of the molecule is O=S(=O)(Oc1ccc2c(c1)OC1CN(C3CCCCC3)CCC21)c1ccc(Cl)cc1. The minimum Gasteiger partial charge on any atom is -0.488 e. The molecule has 0 aromatic heterocycles. The summed E-state index contributed by atoms with van der Waals surface area (Å²) < 4.78 is 36.8. The molecule has 5 nitrogen and oxygen atoms in total. The number of hydrogen-bond donors (Lipinski definition) is 0. The number of rotatable bonds is 4. The minimum atomic E-state index is -3.92. The Morgan fingerprint density at radius 3 is 2.53 bits per heavy atom. The van der Waals surface area contributed by atoms with E-state index in [1.54, 1.807) is 12.1 Å². The van der Waals surface area contributed by atoms with Gasteiger partial charge in [-0.1, -0.05) is 36.9 Å². The van der Waals surface area contributed by atoms with Crippen LogP contribution in [0.1, 0.15) is 50.0 Å². The zero-order valence-electron chi connectivity index (χ0n) is 16.8. The molecule has 0 radical (unpaired) electrons. The fourth-order valence-corrected chi connectivity index (χ4v) is 6.16. The highest BCUT2D eigenvalue weighted by atomic mass is 35.5. The van der Waals surface area contributed by atoms with Crippen LogP contribution in [0, 0.1) is 0 Å². The van der Waals surface area contributed by atoms with Crippen LogP contribution in [0.3, 0.4) is 0 Å². The third-order valence-corrected chi connectivity index (χ3v) is 8.17. The second-order valence-corrected chi connectivity index (χ2v) is 10.5. The Morgan fingerprint density at radius 1 is 1.00 bits per heavy atom. The Morgan fingerprint density at radius 2 is 1.77 bits per heavy atom. The van der Waals surface area contributed by atoms with Crippen molar-refractivity contribution in [2.75, 3.05) is 13.1 Å². The number of ether oxygens (including phenoxy) is 1. The molecular weight excluding hydrogens is 422 g/mol. The standard InChI is InChI=1S/C23H26ClNO4S/c24-16-6-9-19(10-7-16)30(26,27)29-18-8-11-20-21-12-13-25(17-4-2-1-3-5-17)15-23(21)28-22(20)14-18/h6-11,14,17,21,23H,1-5,12-13,15H2. The maximum Gasteiger partial charge on any atom is 0.339 e. The minimum absolute atomic E-state index is 0.0742.